The molecule has 0 bridgehead atoms. The Kier molecular flexibility index (Phi) is 4.22. The molecule has 1 saturated heterocycles. The van der Waals surface area contributed by atoms with Crippen LogP contribution in [-0.2, 0) is 0 Å². The third kappa shape index (κ3) is 2.80. The average Bonchev–Trinajstić information content (AvgIpc) is 2.38. The van der Waals surface area contributed by atoms with E-state index in [1.807, 2.05) is 13.0 Å². The minimum atomic E-state index is -0.230. The van der Waals surface area contributed by atoms with E-state index in [0.29, 0.717) is 0 Å². The van der Waals surface area contributed by atoms with E-state index in [4.69, 9.17) is 0 Å². The van der Waals surface area contributed by atoms with Crippen LogP contribution in [0.4, 0.5) is 10.1 Å². The lowest BCUT2D eigenvalue weighted by molar-refractivity contribution is 0.590. The van der Waals surface area contributed by atoms with Crippen molar-refractivity contribution in [1.82, 2.24) is 10.3 Å². The maximum Gasteiger partial charge on any atom is 0.125 e. The average molecular weight is 282 g/mol. The van der Waals surface area contributed by atoms with Crippen LogP contribution in [0.3, 0.4) is 0 Å². The Hall–Kier alpha value is -1.39. The molecule has 1 N–H and O–H groups in total. The number of hydrogen-bond donors (Lipinski definition) is 1. The fraction of sp³-hybridized carbons (Fsp3) is 0.357. The van der Waals surface area contributed by atoms with Crippen molar-refractivity contribution in [3.05, 3.63) is 35.8 Å². The number of fused-ring (bicyclic) bond motifs is 1. The normalized spacial score (nSPS) is 15.4. The van der Waals surface area contributed by atoms with Crippen LogP contribution in [0.5, 0.6) is 0 Å². The summed E-state index contributed by atoms with van der Waals surface area (Å²) in [5, 5.41) is 4.37. The third-order valence-electron chi connectivity index (χ3n) is 3.34. The van der Waals surface area contributed by atoms with Gasteiger partial charge in [0.05, 0.1) is 5.52 Å². The lowest BCUT2D eigenvalue weighted by atomic mass is 10.1. The van der Waals surface area contributed by atoms with Gasteiger partial charge in [0.1, 0.15) is 5.82 Å². The third-order valence-corrected chi connectivity index (χ3v) is 3.34. The van der Waals surface area contributed by atoms with Crippen molar-refractivity contribution in [3.8, 4) is 0 Å². The van der Waals surface area contributed by atoms with Gasteiger partial charge in [0.2, 0.25) is 0 Å². The molecule has 0 amide bonds. The molecule has 1 aliphatic heterocycles. The monoisotopic (exact) mass is 281 g/mol. The number of piperazine rings is 1. The quantitative estimate of drug-likeness (QED) is 0.871. The number of pyridine rings is 1. The SMILES string of the molecule is Cc1cc(N2CCNCC2)c2ccc(F)cc2n1.Cl. The summed E-state index contributed by atoms with van der Waals surface area (Å²) in [6.45, 7) is 5.90. The predicted molar refractivity (Wildman–Crippen MR) is 78.8 cm³/mol. The Balaban J connectivity index is 0.00000133. The summed E-state index contributed by atoms with van der Waals surface area (Å²) in [6, 6.07) is 6.93. The number of benzene rings is 1. The van der Waals surface area contributed by atoms with Crippen LogP contribution in [0.2, 0.25) is 0 Å². The highest BCUT2D eigenvalue weighted by molar-refractivity contribution is 5.92. The molecule has 3 nitrogen and oxygen atoms in total. The highest BCUT2D eigenvalue weighted by atomic mass is 35.5. The fourth-order valence-electron chi connectivity index (χ4n) is 2.48. The molecule has 102 valence electrons. The van der Waals surface area contributed by atoms with Gasteiger partial charge in [-0.3, -0.25) is 4.98 Å². The largest absolute Gasteiger partial charge is 0.368 e. The van der Waals surface area contributed by atoms with Gasteiger partial charge >= 0.3 is 0 Å². The molecule has 1 aliphatic rings. The second kappa shape index (κ2) is 5.72. The van der Waals surface area contributed by atoms with Gasteiger partial charge in [0, 0.05) is 49.0 Å². The number of anilines is 1. The zero-order valence-corrected chi connectivity index (χ0v) is 11.6. The van der Waals surface area contributed by atoms with Crippen LogP contribution < -0.4 is 10.2 Å². The maximum absolute atomic E-state index is 13.3. The predicted octanol–water partition coefficient (Wildman–Crippen LogP) is 2.51. The van der Waals surface area contributed by atoms with Gasteiger partial charge in [-0.15, -0.1) is 12.4 Å². The van der Waals surface area contributed by atoms with E-state index >= 15 is 0 Å². The van der Waals surface area contributed by atoms with Crippen molar-refractivity contribution in [2.45, 2.75) is 6.92 Å². The van der Waals surface area contributed by atoms with E-state index < -0.39 is 0 Å². The van der Waals surface area contributed by atoms with E-state index in [2.05, 4.69) is 21.3 Å². The van der Waals surface area contributed by atoms with Crippen LogP contribution in [-0.4, -0.2) is 31.2 Å². The van der Waals surface area contributed by atoms with Crippen LogP contribution in [0, 0.1) is 12.7 Å². The maximum atomic E-state index is 13.3. The number of hydrogen-bond acceptors (Lipinski definition) is 3. The van der Waals surface area contributed by atoms with Crippen LogP contribution >= 0.6 is 12.4 Å². The first-order valence-corrected chi connectivity index (χ1v) is 6.26. The second-order valence-electron chi connectivity index (χ2n) is 4.68. The summed E-state index contributed by atoms with van der Waals surface area (Å²) < 4.78 is 13.3. The van der Waals surface area contributed by atoms with E-state index in [1.165, 1.54) is 17.8 Å². The molecule has 0 atom stereocenters. The summed E-state index contributed by atoms with van der Waals surface area (Å²) in [6.07, 6.45) is 0. The molecule has 19 heavy (non-hydrogen) atoms. The first-order chi connectivity index (χ1) is 8.74. The summed E-state index contributed by atoms with van der Waals surface area (Å²) in [7, 11) is 0. The summed E-state index contributed by atoms with van der Waals surface area (Å²) >= 11 is 0. The summed E-state index contributed by atoms with van der Waals surface area (Å²) in [5.41, 5.74) is 2.84. The first kappa shape index (κ1) is 14.0. The Morgan fingerprint density at radius 3 is 2.68 bits per heavy atom. The van der Waals surface area contributed by atoms with Crippen molar-refractivity contribution in [2.75, 3.05) is 31.1 Å². The molecule has 0 unspecified atom stereocenters. The summed E-state index contributed by atoms with van der Waals surface area (Å²) in [5.74, 6) is -0.230. The molecule has 1 aromatic heterocycles. The topological polar surface area (TPSA) is 28.2 Å². The van der Waals surface area contributed by atoms with Gasteiger partial charge < -0.3 is 10.2 Å². The van der Waals surface area contributed by atoms with Crippen molar-refractivity contribution < 1.29 is 4.39 Å². The fourth-order valence-corrected chi connectivity index (χ4v) is 2.48. The molecular formula is C14H17ClFN3. The van der Waals surface area contributed by atoms with E-state index in [1.54, 1.807) is 0 Å². The van der Waals surface area contributed by atoms with Crippen molar-refractivity contribution in [3.63, 3.8) is 0 Å². The highest BCUT2D eigenvalue weighted by Crippen LogP contribution is 2.27. The Bertz CT molecular complexity index is 577. The van der Waals surface area contributed by atoms with Crippen LogP contribution in [0.25, 0.3) is 10.9 Å². The highest BCUT2D eigenvalue weighted by Gasteiger charge is 2.14. The molecule has 2 heterocycles. The zero-order chi connectivity index (χ0) is 12.5. The van der Waals surface area contributed by atoms with E-state index in [-0.39, 0.29) is 18.2 Å². The smallest absolute Gasteiger partial charge is 0.125 e. The molecule has 0 radical (unpaired) electrons. The van der Waals surface area contributed by atoms with Gasteiger partial charge in [0.15, 0.2) is 0 Å². The number of aromatic nitrogens is 1. The molecule has 5 heteroatoms. The second-order valence-corrected chi connectivity index (χ2v) is 4.68. The summed E-state index contributed by atoms with van der Waals surface area (Å²) in [4.78, 5) is 6.75. The standard InChI is InChI=1S/C14H16FN3.ClH/c1-10-8-14(18-6-4-16-5-7-18)12-3-2-11(15)9-13(12)17-10;/h2-3,8-9,16H,4-7H2,1H3;1H. The van der Waals surface area contributed by atoms with E-state index in [0.717, 1.165) is 42.8 Å². The van der Waals surface area contributed by atoms with Crippen molar-refractivity contribution in [2.24, 2.45) is 0 Å². The number of aryl methyl sites for hydroxylation is 1. The molecular weight excluding hydrogens is 265 g/mol. The Morgan fingerprint density at radius 2 is 1.95 bits per heavy atom. The Labute approximate surface area is 118 Å². The van der Waals surface area contributed by atoms with Gasteiger partial charge in [-0.25, -0.2) is 4.39 Å². The number of rotatable bonds is 1. The lowest BCUT2D eigenvalue weighted by Gasteiger charge is -2.30. The van der Waals surface area contributed by atoms with Gasteiger partial charge in [0.25, 0.3) is 0 Å². The van der Waals surface area contributed by atoms with Gasteiger partial charge in [-0.1, -0.05) is 0 Å². The number of nitrogens with zero attached hydrogens (tertiary/aromatic N) is 2. The van der Waals surface area contributed by atoms with Crippen LogP contribution in [0.1, 0.15) is 5.69 Å². The molecule has 0 spiro atoms. The molecule has 1 aromatic carbocycles. The van der Waals surface area contributed by atoms with Crippen LogP contribution in [0.15, 0.2) is 24.3 Å². The Morgan fingerprint density at radius 1 is 1.21 bits per heavy atom. The molecule has 2 aromatic rings. The minimum Gasteiger partial charge on any atom is -0.368 e. The van der Waals surface area contributed by atoms with Gasteiger partial charge in [-0.2, -0.15) is 0 Å². The number of halogens is 2. The van der Waals surface area contributed by atoms with Gasteiger partial charge in [-0.05, 0) is 25.1 Å². The first-order valence-electron chi connectivity index (χ1n) is 6.26. The number of nitrogens with one attached hydrogen (secondary N) is 1. The van der Waals surface area contributed by atoms with Crippen molar-refractivity contribution in [1.29, 1.82) is 0 Å². The van der Waals surface area contributed by atoms with E-state index in [9.17, 15) is 4.39 Å². The lowest BCUT2D eigenvalue weighted by Crippen LogP contribution is -2.43. The molecule has 0 aliphatic carbocycles. The minimum absolute atomic E-state index is 0. The zero-order valence-electron chi connectivity index (χ0n) is 10.8. The van der Waals surface area contributed by atoms with Crippen molar-refractivity contribution >= 4 is 29.0 Å². The molecule has 1 fully saturated rings. The molecule has 3 rings (SSSR count). The molecule has 0 saturated carbocycles.